The Morgan fingerprint density at radius 3 is 3.05 bits per heavy atom. The number of β-amino-alcohol motifs (C(OH)–C–C–N with tert-alkyl or cyclic N) is 1. The molecular weight excluding hydrogens is 248 g/mol. The van der Waals surface area contributed by atoms with Crippen molar-refractivity contribution >= 4 is 5.91 Å². The highest BCUT2D eigenvalue weighted by Gasteiger charge is 2.32. The SMILES string of the molecule is COCC(=O)N[C@@H]1CN(Cc2nccn2C)C[C@H]1O. The van der Waals surface area contributed by atoms with E-state index < -0.39 is 6.10 Å². The third kappa shape index (κ3) is 3.52. The van der Waals surface area contributed by atoms with Crippen molar-refractivity contribution in [1.29, 1.82) is 0 Å². The highest BCUT2D eigenvalue weighted by molar-refractivity contribution is 5.77. The van der Waals surface area contributed by atoms with Gasteiger partial charge in [-0.3, -0.25) is 9.69 Å². The number of nitrogens with one attached hydrogen (secondary N) is 1. The molecule has 1 aliphatic rings. The van der Waals surface area contributed by atoms with Gasteiger partial charge in [0.15, 0.2) is 0 Å². The van der Waals surface area contributed by atoms with E-state index in [0.717, 1.165) is 5.82 Å². The number of ether oxygens (including phenoxy) is 1. The molecule has 1 aromatic heterocycles. The Bertz CT molecular complexity index is 434. The molecule has 7 nitrogen and oxygen atoms in total. The van der Waals surface area contributed by atoms with Crippen molar-refractivity contribution in [2.75, 3.05) is 26.8 Å². The average molecular weight is 268 g/mol. The first-order valence-corrected chi connectivity index (χ1v) is 6.25. The lowest BCUT2D eigenvalue weighted by molar-refractivity contribution is -0.125. The first-order chi connectivity index (χ1) is 9.10. The van der Waals surface area contributed by atoms with Gasteiger partial charge in [-0.15, -0.1) is 0 Å². The topological polar surface area (TPSA) is 79.6 Å². The van der Waals surface area contributed by atoms with Gasteiger partial charge in [-0.05, 0) is 0 Å². The molecule has 2 rings (SSSR count). The van der Waals surface area contributed by atoms with Gasteiger partial charge in [-0.1, -0.05) is 0 Å². The van der Waals surface area contributed by atoms with Crippen molar-refractivity contribution < 1.29 is 14.6 Å². The lowest BCUT2D eigenvalue weighted by Gasteiger charge is -2.16. The predicted octanol–water partition coefficient (Wildman–Crippen LogP) is -1.27. The number of amides is 1. The van der Waals surface area contributed by atoms with Gasteiger partial charge in [0.1, 0.15) is 12.4 Å². The molecule has 1 aliphatic heterocycles. The predicted molar refractivity (Wildman–Crippen MR) is 68.3 cm³/mol. The maximum atomic E-state index is 11.4. The fourth-order valence-corrected chi connectivity index (χ4v) is 2.27. The van der Waals surface area contributed by atoms with Gasteiger partial charge in [-0.25, -0.2) is 4.98 Å². The molecule has 1 saturated heterocycles. The van der Waals surface area contributed by atoms with Crippen LogP contribution in [0.15, 0.2) is 12.4 Å². The van der Waals surface area contributed by atoms with Crippen LogP contribution < -0.4 is 5.32 Å². The van der Waals surface area contributed by atoms with Crippen LogP contribution in [0.5, 0.6) is 0 Å². The Morgan fingerprint density at radius 1 is 1.63 bits per heavy atom. The van der Waals surface area contributed by atoms with Crippen LogP contribution in [-0.2, 0) is 23.1 Å². The maximum Gasteiger partial charge on any atom is 0.246 e. The van der Waals surface area contributed by atoms with E-state index in [-0.39, 0.29) is 18.6 Å². The minimum absolute atomic E-state index is 0.0165. The summed E-state index contributed by atoms with van der Waals surface area (Å²) in [6.07, 6.45) is 3.08. The Kier molecular flexibility index (Phi) is 4.52. The largest absolute Gasteiger partial charge is 0.390 e. The number of nitrogens with zero attached hydrogens (tertiary/aromatic N) is 3. The number of methoxy groups -OCH3 is 1. The zero-order chi connectivity index (χ0) is 13.8. The summed E-state index contributed by atoms with van der Waals surface area (Å²) in [6, 6.07) is -0.247. The molecule has 106 valence electrons. The molecule has 2 heterocycles. The fourth-order valence-electron chi connectivity index (χ4n) is 2.27. The smallest absolute Gasteiger partial charge is 0.246 e. The van der Waals surface area contributed by atoms with Crippen molar-refractivity contribution in [2.45, 2.75) is 18.7 Å². The van der Waals surface area contributed by atoms with E-state index in [1.54, 1.807) is 6.20 Å². The molecule has 1 aromatic rings. The number of aromatic nitrogens is 2. The number of hydrogen-bond acceptors (Lipinski definition) is 5. The number of likely N-dealkylation sites (tertiary alicyclic amines) is 1. The third-order valence-corrected chi connectivity index (χ3v) is 3.27. The second kappa shape index (κ2) is 6.14. The van der Waals surface area contributed by atoms with E-state index in [1.165, 1.54) is 7.11 Å². The van der Waals surface area contributed by atoms with Gasteiger partial charge in [0.25, 0.3) is 0 Å². The molecule has 1 fully saturated rings. The summed E-state index contributed by atoms with van der Waals surface area (Å²) >= 11 is 0. The second-order valence-electron chi connectivity index (χ2n) is 4.82. The molecule has 1 amide bonds. The van der Waals surface area contributed by atoms with Crippen molar-refractivity contribution in [3.05, 3.63) is 18.2 Å². The van der Waals surface area contributed by atoms with E-state index in [1.807, 2.05) is 17.8 Å². The van der Waals surface area contributed by atoms with Crippen LogP contribution in [0, 0.1) is 0 Å². The average Bonchev–Trinajstić information content (AvgIpc) is 2.88. The van der Waals surface area contributed by atoms with Gasteiger partial charge >= 0.3 is 0 Å². The number of aliphatic hydroxyl groups is 1. The second-order valence-corrected chi connectivity index (χ2v) is 4.82. The molecule has 2 N–H and O–H groups in total. The minimum Gasteiger partial charge on any atom is -0.390 e. The Hall–Kier alpha value is -1.44. The summed E-state index contributed by atoms with van der Waals surface area (Å²) in [5.41, 5.74) is 0. The van der Waals surface area contributed by atoms with Crippen molar-refractivity contribution in [1.82, 2.24) is 19.8 Å². The zero-order valence-corrected chi connectivity index (χ0v) is 11.2. The molecule has 7 heteroatoms. The summed E-state index contributed by atoms with van der Waals surface area (Å²) in [4.78, 5) is 17.8. The molecule has 2 atom stereocenters. The number of imidazole rings is 1. The van der Waals surface area contributed by atoms with Gasteiger partial charge in [0.05, 0.1) is 18.7 Å². The first-order valence-electron chi connectivity index (χ1n) is 6.25. The number of aliphatic hydroxyl groups excluding tert-OH is 1. The molecule has 0 bridgehead atoms. The standard InChI is InChI=1S/C12H20N4O3/c1-15-4-3-13-11(15)7-16-5-9(10(17)6-16)14-12(18)8-19-2/h3-4,9-10,17H,5-8H2,1-2H3,(H,14,18)/t9-,10-/m1/s1. The quantitative estimate of drug-likeness (QED) is 0.696. The monoisotopic (exact) mass is 268 g/mol. The molecule has 0 radical (unpaired) electrons. The van der Waals surface area contributed by atoms with Crippen molar-refractivity contribution in [2.24, 2.45) is 7.05 Å². The molecule has 0 aliphatic carbocycles. The van der Waals surface area contributed by atoms with Crippen LogP contribution >= 0.6 is 0 Å². The maximum absolute atomic E-state index is 11.4. The molecule has 19 heavy (non-hydrogen) atoms. The summed E-state index contributed by atoms with van der Waals surface area (Å²) in [6.45, 7) is 1.83. The van der Waals surface area contributed by atoms with E-state index >= 15 is 0 Å². The van der Waals surface area contributed by atoms with E-state index in [2.05, 4.69) is 15.2 Å². The van der Waals surface area contributed by atoms with Crippen LogP contribution in [0.3, 0.4) is 0 Å². The van der Waals surface area contributed by atoms with Crippen LogP contribution in [-0.4, -0.2) is 64.4 Å². The zero-order valence-electron chi connectivity index (χ0n) is 11.2. The summed E-state index contributed by atoms with van der Waals surface area (Å²) < 4.78 is 6.70. The molecule has 0 spiro atoms. The van der Waals surface area contributed by atoms with Gasteiger partial charge in [-0.2, -0.15) is 0 Å². The van der Waals surface area contributed by atoms with Crippen molar-refractivity contribution in [3.63, 3.8) is 0 Å². The Labute approximate surface area is 112 Å². The Balaban J connectivity index is 1.87. The first kappa shape index (κ1) is 14.0. The highest BCUT2D eigenvalue weighted by Crippen LogP contribution is 2.13. The van der Waals surface area contributed by atoms with Crippen LogP contribution in [0.25, 0.3) is 0 Å². The highest BCUT2D eigenvalue weighted by atomic mass is 16.5. The fraction of sp³-hybridized carbons (Fsp3) is 0.667. The number of aryl methyl sites for hydroxylation is 1. The van der Waals surface area contributed by atoms with Crippen LogP contribution in [0.1, 0.15) is 5.82 Å². The Morgan fingerprint density at radius 2 is 2.42 bits per heavy atom. The molecule has 0 aromatic carbocycles. The molecule has 0 unspecified atom stereocenters. The summed E-state index contributed by atoms with van der Waals surface area (Å²) in [5.74, 6) is 0.737. The number of hydrogen-bond donors (Lipinski definition) is 2. The minimum atomic E-state index is -0.555. The summed E-state index contributed by atoms with van der Waals surface area (Å²) in [7, 11) is 3.41. The number of rotatable bonds is 5. The van der Waals surface area contributed by atoms with Gasteiger partial charge < -0.3 is 19.7 Å². The van der Waals surface area contributed by atoms with Crippen LogP contribution in [0.2, 0.25) is 0 Å². The van der Waals surface area contributed by atoms with Crippen LogP contribution in [0.4, 0.5) is 0 Å². The molecular formula is C12H20N4O3. The number of carbonyl (C=O) groups excluding carboxylic acids is 1. The summed E-state index contributed by atoms with van der Waals surface area (Å²) in [5, 5.41) is 12.7. The van der Waals surface area contributed by atoms with E-state index in [0.29, 0.717) is 19.6 Å². The van der Waals surface area contributed by atoms with Gasteiger partial charge in [0.2, 0.25) is 5.91 Å². The normalized spacial score (nSPS) is 23.7. The lowest BCUT2D eigenvalue weighted by Crippen LogP contribution is -2.44. The van der Waals surface area contributed by atoms with Gasteiger partial charge in [0, 0.05) is 39.6 Å². The molecule has 0 saturated carbocycles. The van der Waals surface area contributed by atoms with E-state index in [9.17, 15) is 9.90 Å². The van der Waals surface area contributed by atoms with Crippen molar-refractivity contribution in [3.8, 4) is 0 Å². The third-order valence-electron chi connectivity index (χ3n) is 3.27. The lowest BCUT2D eigenvalue weighted by atomic mass is 10.2. The number of carbonyl (C=O) groups is 1. The van der Waals surface area contributed by atoms with E-state index in [4.69, 9.17) is 4.74 Å².